The van der Waals surface area contributed by atoms with Crippen molar-refractivity contribution in [3.05, 3.63) is 29.6 Å². The largest absolute Gasteiger partial charge is 0.378 e. The molecule has 5 heteroatoms. The molecule has 2 rings (SSSR count). The maximum Gasteiger partial charge on any atom is 0.115 e. The number of hydrogen-bond acceptors (Lipinski definition) is 1. The summed E-state index contributed by atoms with van der Waals surface area (Å²) in [6.45, 7) is 9.28. The molecular formula is C18H23B3N2. The maximum absolute atomic E-state index is 6.10. The smallest absolute Gasteiger partial charge is 0.115 e. The van der Waals surface area contributed by atoms with Gasteiger partial charge in [-0.1, -0.05) is 25.4 Å². The first-order valence-corrected chi connectivity index (χ1v) is 8.20. The van der Waals surface area contributed by atoms with E-state index < -0.39 is 0 Å². The summed E-state index contributed by atoms with van der Waals surface area (Å²) >= 11 is 0. The van der Waals surface area contributed by atoms with Crippen LogP contribution in [0.2, 0.25) is 0 Å². The summed E-state index contributed by atoms with van der Waals surface area (Å²) in [4.78, 5) is 5.48. The van der Waals surface area contributed by atoms with Crippen LogP contribution in [-0.2, 0) is 6.42 Å². The zero-order chi connectivity index (χ0) is 17.1. The normalized spacial score (nSPS) is 11.1. The topological polar surface area (TPSA) is 19.0 Å². The van der Waals surface area contributed by atoms with Gasteiger partial charge in [0.05, 0.1) is 0 Å². The number of aromatic amines is 1. The Bertz CT molecular complexity index is 719. The molecule has 1 heterocycles. The fraction of sp³-hybridized carbons (Fsp3) is 0.444. The highest BCUT2D eigenvalue weighted by Gasteiger charge is 2.13. The van der Waals surface area contributed by atoms with Gasteiger partial charge in [-0.15, -0.1) is 10.9 Å². The lowest BCUT2D eigenvalue weighted by Crippen LogP contribution is -2.41. The Morgan fingerprint density at radius 1 is 1.22 bits per heavy atom. The number of likely N-dealkylation sites (N-methyl/N-ethyl adjacent to an activating group) is 1. The minimum Gasteiger partial charge on any atom is -0.378 e. The summed E-state index contributed by atoms with van der Waals surface area (Å²) in [6, 6.07) is 0. The summed E-state index contributed by atoms with van der Waals surface area (Å²) in [5.41, 5.74) is 5.87. The van der Waals surface area contributed by atoms with Gasteiger partial charge in [0.1, 0.15) is 23.5 Å². The second-order valence-corrected chi connectivity index (χ2v) is 6.27. The lowest BCUT2D eigenvalue weighted by molar-refractivity contribution is 0.404. The van der Waals surface area contributed by atoms with Crippen molar-refractivity contribution in [1.29, 1.82) is 0 Å². The monoisotopic (exact) mass is 300 g/mol. The third-order valence-electron chi connectivity index (χ3n) is 4.67. The van der Waals surface area contributed by atoms with Crippen LogP contribution in [-0.4, -0.2) is 47.0 Å². The molecule has 6 radical (unpaired) electrons. The number of nitrogens with zero attached hydrogens (tertiary/aromatic N) is 1. The van der Waals surface area contributed by atoms with Gasteiger partial charge in [-0.3, -0.25) is 0 Å². The number of nitrogens with one attached hydrogen (secondary N) is 1. The highest BCUT2D eigenvalue weighted by atomic mass is 15.1. The van der Waals surface area contributed by atoms with E-state index in [0.717, 1.165) is 35.9 Å². The van der Waals surface area contributed by atoms with Gasteiger partial charge in [0, 0.05) is 36.4 Å². The molecule has 0 atom stereocenters. The average molecular weight is 300 g/mol. The van der Waals surface area contributed by atoms with Crippen LogP contribution in [0.3, 0.4) is 0 Å². The number of unbranched alkanes of at least 4 members (excludes halogenated alkanes) is 1. The highest BCUT2D eigenvalue weighted by Crippen LogP contribution is 2.20. The fourth-order valence-corrected chi connectivity index (χ4v) is 2.94. The SMILES string of the molecule is [B]c1c([B])c(C)c2c(CCN(C)C(=C)CCCC)c[nH]c2c1[B]. The van der Waals surface area contributed by atoms with Crippen LogP contribution in [0.4, 0.5) is 0 Å². The Morgan fingerprint density at radius 3 is 2.57 bits per heavy atom. The van der Waals surface area contributed by atoms with Gasteiger partial charge < -0.3 is 9.88 Å². The van der Waals surface area contributed by atoms with Crippen molar-refractivity contribution in [2.75, 3.05) is 13.6 Å². The molecule has 0 amide bonds. The number of benzene rings is 1. The Hall–Kier alpha value is -1.51. The fourth-order valence-electron chi connectivity index (χ4n) is 2.94. The van der Waals surface area contributed by atoms with Crippen LogP contribution in [0.1, 0.15) is 37.3 Å². The van der Waals surface area contributed by atoms with Gasteiger partial charge in [0.15, 0.2) is 0 Å². The molecule has 0 aliphatic carbocycles. The summed E-state index contributed by atoms with van der Waals surface area (Å²) in [5, 5.41) is 1.10. The van der Waals surface area contributed by atoms with Crippen molar-refractivity contribution in [3.8, 4) is 0 Å². The molecule has 0 unspecified atom stereocenters. The third kappa shape index (κ3) is 3.54. The number of rotatable bonds is 7. The molecule has 0 fully saturated rings. The molecule has 0 saturated carbocycles. The Morgan fingerprint density at radius 2 is 1.91 bits per heavy atom. The standard InChI is InChI=1S/C18H23B3N2/c1-5-6-7-11(2)23(4)9-8-13-10-22-18-14(13)12(3)15(19)16(20)17(18)21/h10,22H,2,5-9H2,1,3-4H3. The first-order chi connectivity index (χ1) is 10.9. The zero-order valence-corrected chi connectivity index (χ0v) is 14.5. The van der Waals surface area contributed by atoms with Crippen LogP contribution in [0, 0.1) is 6.92 Å². The summed E-state index contributed by atoms with van der Waals surface area (Å²) < 4.78 is 0. The molecule has 0 saturated heterocycles. The van der Waals surface area contributed by atoms with E-state index in [4.69, 9.17) is 23.5 Å². The lowest BCUT2D eigenvalue weighted by Gasteiger charge is -2.22. The van der Waals surface area contributed by atoms with Crippen molar-refractivity contribution in [2.24, 2.45) is 0 Å². The minimum absolute atomic E-state index is 0.466. The molecule has 0 bridgehead atoms. The number of H-pyrrole nitrogens is 1. The van der Waals surface area contributed by atoms with E-state index in [0.29, 0.717) is 16.4 Å². The maximum atomic E-state index is 6.10. The number of aromatic nitrogens is 1. The van der Waals surface area contributed by atoms with E-state index >= 15 is 0 Å². The second kappa shape index (κ2) is 7.38. The van der Waals surface area contributed by atoms with Gasteiger partial charge in [-0.25, -0.2) is 0 Å². The molecule has 2 nitrogen and oxygen atoms in total. The van der Waals surface area contributed by atoms with Crippen molar-refractivity contribution >= 4 is 50.8 Å². The Labute approximate surface area is 143 Å². The first-order valence-electron chi connectivity index (χ1n) is 8.20. The van der Waals surface area contributed by atoms with Crippen molar-refractivity contribution in [1.82, 2.24) is 9.88 Å². The quantitative estimate of drug-likeness (QED) is 0.757. The predicted octanol–water partition coefficient (Wildman–Crippen LogP) is 1.04. The number of fused-ring (bicyclic) bond motifs is 1. The number of hydrogen-bond donors (Lipinski definition) is 1. The van der Waals surface area contributed by atoms with Crippen LogP contribution in [0.5, 0.6) is 0 Å². The molecule has 1 N–H and O–H groups in total. The minimum atomic E-state index is 0.466. The number of allylic oxidation sites excluding steroid dienone is 1. The molecule has 23 heavy (non-hydrogen) atoms. The van der Waals surface area contributed by atoms with Crippen LogP contribution in [0.15, 0.2) is 18.5 Å². The van der Waals surface area contributed by atoms with Gasteiger partial charge in [-0.05, 0) is 37.3 Å². The Balaban J connectivity index is 2.20. The van der Waals surface area contributed by atoms with Crippen LogP contribution >= 0.6 is 0 Å². The molecule has 0 spiro atoms. The van der Waals surface area contributed by atoms with Gasteiger partial charge in [0.2, 0.25) is 0 Å². The second-order valence-electron chi connectivity index (χ2n) is 6.27. The summed E-state index contributed by atoms with van der Waals surface area (Å²) in [5.74, 6) is 0. The van der Waals surface area contributed by atoms with E-state index in [1.165, 1.54) is 24.1 Å². The summed E-state index contributed by atoms with van der Waals surface area (Å²) in [6.07, 6.45) is 6.34. The van der Waals surface area contributed by atoms with E-state index in [9.17, 15) is 0 Å². The molecular weight excluding hydrogens is 277 g/mol. The van der Waals surface area contributed by atoms with E-state index in [1.807, 2.05) is 13.1 Å². The van der Waals surface area contributed by atoms with Crippen molar-refractivity contribution in [3.63, 3.8) is 0 Å². The predicted molar refractivity (Wildman–Crippen MR) is 104 cm³/mol. The third-order valence-corrected chi connectivity index (χ3v) is 4.67. The lowest BCUT2D eigenvalue weighted by atomic mass is 9.69. The average Bonchev–Trinajstić information content (AvgIpc) is 2.97. The van der Waals surface area contributed by atoms with Crippen molar-refractivity contribution < 1.29 is 0 Å². The zero-order valence-electron chi connectivity index (χ0n) is 14.5. The van der Waals surface area contributed by atoms with Crippen molar-refractivity contribution in [2.45, 2.75) is 39.5 Å². The van der Waals surface area contributed by atoms with Gasteiger partial charge >= 0.3 is 0 Å². The molecule has 2 aromatic rings. The van der Waals surface area contributed by atoms with Crippen LogP contribution in [0.25, 0.3) is 10.9 Å². The van der Waals surface area contributed by atoms with E-state index in [1.54, 1.807) is 0 Å². The first kappa shape index (κ1) is 17.8. The van der Waals surface area contributed by atoms with Gasteiger partial charge in [0.25, 0.3) is 0 Å². The van der Waals surface area contributed by atoms with E-state index in [2.05, 4.69) is 30.4 Å². The van der Waals surface area contributed by atoms with Crippen LogP contribution < -0.4 is 16.4 Å². The highest BCUT2D eigenvalue weighted by molar-refractivity contribution is 6.60. The summed E-state index contributed by atoms with van der Waals surface area (Å²) in [7, 11) is 20.3. The molecule has 1 aromatic carbocycles. The number of aryl methyl sites for hydroxylation is 1. The Kier molecular flexibility index (Phi) is 5.72. The molecule has 0 aliphatic heterocycles. The molecule has 114 valence electrons. The molecule has 1 aromatic heterocycles. The van der Waals surface area contributed by atoms with E-state index in [-0.39, 0.29) is 0 Å². The molecule has 0 aliphatic rings. The van der Waals surface area contributed by atoms with Gasteiger partial charge in [-0.2, -0.15) is 0 Å².